The zero-order chi connectivity index (χ0) is 27.4. The topological polar surface area (TPSA) is 200 Å². The number of pyridine rings is 1. The molecule has 12 nitrogen and oxygen atoms in total. The summed E-state index contributed by atoms with van der Waals surface area (Å²) >= 11 is 0. The minimum atomic E-state index is -1.59. The van der Waals surface area contributed by atoms with Crippen molar-refractivity contribution in [2.75, 3.05) is 20.0 Å². The summed E-state index contributed by atoms with van der Waals surface area (Å²) in [6, 6.07) is 9.96. The highest BCUT2D eigenvalue weighted by Crippen LogP contribution is 2.25. The van der Waals surface area contributed by atoms with Gasteiger partial charge < -0.3 is 31.6 Å². The van der Waals surface area contributed by atoms with Crippen LogP contribution in [0.4, 0.5) is 10.6 Å². The Morgan fingerprint density at radius 3 is 2.43 bits per heavy atom. The molecule has 0 aliphatic carbocycles. The highest BCUT2D eigenvalue weighted by Gasteiger charge is 2.40. The van der Waals surface area contributed by atoms with Gasteiger partial charge in [-0.1, -0.05) is 18.2 Å². The first kappa shape index (κ1) is 28.8. The molecule has 37 heavy (non-hydrogen) atoms. The number of amidine groups is 1. The van der Waals surface area contributed by atoms with E-state index in [9.17, 15) is 19.2 Å². The standard InChI is InChI=1S/C25H32N6O6/c1-36-22(34)8-10-25(31-24(35)37-2,14-16-4-3-5-18(12-16)23(27)28)19(32)6-7-21(33)30-15-17-9-11-29-20(26)13-17/h3-5,9,11-13H,6-8,10,14-15H2,1-2H3,(H2,26,29)(H3,27,28)(H,30,33)(H,31,35)/t25-/m1/s1. The zero-order valence-electron chi connectivity index (χ0n) is 20.8. The molecule has 1 atom stereocenters. The lowest BCUT2D eigenvalue weighted by molar-refractivity contribution is -0.141. The van der Waals surface area contributed by atoms with E-state index in [2.05, 4.69) is 15.6 Å². The molecule has 0 aliphatic heterocycles. The summed E-state index contributed by atoms with van der Waals surface area (Å²) in [5, 5.41) is 13.0. The Kier molecular flexibility index (Phi) is 10.5. The van der Waals surface area contributed by atoms with Gasteiger partial charge in [0.1, 0.15) is 17.2 Å². The Hall–Kier alpha value is -4.48. The van der Waals surface area contributed by atoms with Crippen molar-refractivity contribution in [3.05, 3.63) is 59.3 Å². The van der Waals surface area contributed by atoms with E-state index < -0.39 is 23.4 Å². The molecule has 2 aromatic rings. The highest BCUT2D eigenvalue weighted by atomic mass is 16.5. The zero-order valence-corrected chi connectivity index (χ0v) is 20.8. The molecule has 0 fully saturated rings. The Morgan fingerprint density at radius 1 is 1.03 bits per heavy atom. The number of esters is 1. The van der Waals surface area contributed by atoms with Crippen molar-refractivity contribution in [2.24, 2.45) is 5.73 Å². The number of Topliss-reactive ketones (excluding diaryl/α,β-unsaturated/α-hetero) is 1. The monoisotopic (exact) mass is 512 g/mol. The number of alkyl carbamates (subject to hydrolysis) is 1. The van der Waals surface area contributed by atoms with Gasteiger partial charge >= 0.3 is 12.1 Å². The second-order valence-electron chi connectivity index (χ2n) is 8.35. The first-order chi connectivity index (χ1) is 17.6. The molecule has 12 heteroatoms. The largest absolute Gasteiger partial charge is 0.469 e. The Balaban J connectivity index is 2.25. The Labute approximate surface area is 214 Å². The number of nitrogens with two attached hydrogens (primary N) is 2. The third-order valence-corrected chi connectivity index (χ3v) is 5.70. The number of anilines is 1. The van der Waals surface area contributed by atoms with E-state index in [0.29, 0.717) is 16.9 Å². The maximum absolute atomic E-state index is 13.6. The predicted octanol–water partition coefficient (Wildman–Crippen LogP) is 1.20. The molecule has 0 unspecified atom stereocenters. The Bertz CT molecular complexity index is 1150. The summed E-state index contributed by atoms with van der Waals surface area (Å²) in [5.74, 6) is -1.28. The normalized spacial score (nSPS) is 12.1. The minimum absolute atomic E-state index is 0.0308. The van der Waals surface area contributed by atoms with Crippen LogP contribution < -0.4 is 22.1 Å². The van der Waals surface area contributed by atoms with Gasteiger partial charge in [-0.05, 0) is 35.7 Å². The van der Waals surface area contributed by atoms with Gasteiger partial charge in [0.15, 0.2) is 5.78 Å². The van der Waals surface area contributed by atoms with Crippen LogP contribution >= 0.6 is 0 Å². The third kappa shape index (κ3) is 8.91. The number of nitrogen functional groups attached to an aromatic ring is 2. The molecule has 0 radical (unpaired) electrons. The van der Waals surface area contributed by atoms with E-state index in [1.54, 1.807) is 36.4 Å². The second-order valence-corrected chi connectivity index (χ2v) is 8.35. The maximum atomic E-state index is 13.6. The molecule has 0 aliphatic rings. The molecule has 0 bridgehead atoms. The summed E-state index contributed by atoms with van der Waals surface area (Å²) in [7, 11) is 2.37. The van der Waals surface area contributed by atoms with Crippen LogP contribution in [0.3, 0.4) is 0 Å². The smallest absolute Gasteiger partial charge is 0.407 e. The van der Waals surface area contributed by atoms with Crippen LogP contribution in [0, 0.1) is 5.41 Å². The molecule has 0 spiro atoms. The average molecular weight is 513 g/mol. The van der Waals surface area contributed by atoms with E-state index >= 15 is 0 Å². The van der Waals surface area contributed by atoms with Gasteiger partial charge in [-0.25, -0.2) is 9.78 Å². The molecule has 0 saturated heterocycles. The first-order valence-electron chi connectivity index (χ1n) is 11.4. The lowest BCUT2D eigenvalue weighted by atomic mass is 9.80. The van der Waals surface area contributed by atoms with E-state index in [4.69, 9.17) is 26.4 Å². The van der Waals surface area contributed by atoms with Crippen molar-refractivity contribution in [2.45, 2.75) is 44.2 Å². The molecular formula is C25H32N6O6. The number of aromatic nitrogens is 1. The van der Waals surface area contributed by atoms with Crippen LogP contribution in [-0.4, -0.2) is 54.3 Å². The fourth-order valence-electron chi connectivity index (χ4n) is 3.72. The number of nitrogens with one attached hydrogen (secondary N) is 3. The minimum Gasteiger partial charge on any atom is -0.469 e. The number of carbonyl (C=O) groups excluding carboxylic acids is 4. The summed E-state index contributed by atoms with van der Waals surface area (Å²) in [6.45, 7) is 0.200. The molecule has 7 N–H and O–H groups in total. The van der Waals surface area contributed by atoms with Crippen LogP contribution in [0.5, 0.6) is 0 Å². The van der Waals surface area contributed by atoms with Gasteiger partial charge in [0.2, 0.25) is 5.91 Å². The van der Waals surface area contributed by atoms with Crippen molar-refractivity contribution < 1.29 is 28.7 Å². The Morgan fingerprint density at radius 2 is 1.78 bits per heavy atom. The van der Waals surface area contributed by atoms with E-state index in [-0.39, 0.29) is 50.4 Å². The van der Waals surface area contributed by atoms with Gasteiger partial charge in [0.25, 0.3) is 0 Å². The number of nitrogens with zero attached hydrogens (tertiary/aromatic N) is 1. The lowest BCUT2D eigenvalue weighted by Crippen LogP contribution is -2.56. The maximum Gasteiger partial charge on any atom is 0.407 e. The number of hydrogen-bond donors (Lipinski definition) is 5. The summed E-state index contributed by atoms with van der Waals surface area (Å²) in [5.41, 5.74) is 11.4. The third-order valence-electron chi connectivity index (χ3n) is 5.70. The van der Waals surface area contributed by atoms with Crippen molar-refractivity contribution in [1.29, 1.82) is 5.41 Å². The molecule has 2 rings (SSSR count). The fraction of sp³-hybridized carbons (Fsp3) is 0.360. The number of ether oxygens (including phenoxy) is 2. The summed E-state index contributed by atoms with van der Waals surface area (Å²) < 4.78 is 9.47. The second kappa shape index (κ2) is 13.6. The van der Waals surface area contributed by atoms with E-state index in [1.807, 2.05) is 0 Å². The van der Waals surface area contributed by atoms with Crippen LogP contribution in [-0.2, 0) is 36.8 Å². The SMILES string of the molecule is COC(=O)CC[C@](Cc1cccc(C(=N)N)c1)(NC(=O)OC)C(=O)CCC(=O)NCc1ccnc(N)c1. The van der Waals surface area contributed by atoms with Gasteiger partial charge in [-0.15, -0.1) is 0 Å². The van der Waals surface area contributed by atoms with E-state index in [1.165, 1.54) is 13.3 Å². The molecular weight excluding hydrogens is 480 g/mol. The molecule has 2 amide bonds. The molecule has 1 heterocycles. The number of ketones is 1. The number of hydrogen-bond acceptors (Lipinski definition) is 9. The summed E-state index contributed by atoms with van der Waals surface area (Å²) in [4.78, 5) is 54.2. The van der Waals surface area contributed by atoms with Gasteiger partial charge in [-0.3, -0.25) is 19.8 Å². The first-order valence-corrected chi connectivity index (χ1v) is 11.4. The van der Waals surface area contributed by atoms with Crippen molar-refractivity contribution in [3.8, 4) is 0 Å². The number of rotatable bonds is 13. The number of amides is 2. The molecule has 1 aromatic carbocycles. The van der Waals surface area contributed by atoms with Crippen LogP contribution in [0.25, 0.3) is 0 Å². The molecule has 0 saturated carbocycles. The van der Waals surface area contributed by atoms with Gasteiger partial charge in [0.05, 0.1) is 14.2 Å². The van der Waals surface area contributed by atoms with E-state index in [0.717, 1.165) is 12.7 Å². The lowest BCUT2D eigenvalue weighted by Gasteiger charge is -2.33. The quantitative estimate of drug-likeness (QED) is 0.149. The van der Waals surface area contributed by atoms with Crippen LogP contribution in [0.2, 0.25) is 0 Å². The summed E-state index contributed by atoms with van der Waals surface area (Å²) in [6.07, 6.45) is -0.0329. The van der Waals surface area contributed by atoms with Crippen LogP contribution in [0.1, 0.15) is 42.4 Å². The van der Waals surface area contributed by atoms with Gasteiger partial charge in [-0.2, -0.15) is 0 Å². The van der Waals surface area contributed by atoms with Crippen molar-refractivity contribution >= 4 is 35.4 Å². The molecule has 1 aromatic heterocycles. The van der Waals surface area contributed by atoms with Crippen molar-refractivity contribution in [3.63, 3.8) is 0 Å². The number of methoxy groups -OCH3 is 2. The number of benzene rings is 1. The van der Waals surface area contributed by atoms with Crippen molar-refractivity contribution in [1.82, 2.24) is 15.6 Å². The fourth-order valence-corrected chi connectivity index (χ4v) is 3.72. The van der Waals surface area contributed by atoms with Gasteiger partial charge in [0, 0.05) is 44.0 Å². The number of carbonyl (C=O) groups is 4. The van der Waals surface area contributed by atoms with Crippen LogP contribution in [0.15, 0.2) is 42.6 Å². The molecule has 198 valence electrons. The highest BCUT2D eigenvalue weighted by molar-refractivity contribution is 5.96. The average Bonchev–Trinajstić information content (AvgIpc) is 2.88. The predicted molar refractivity (Wildman–Crippen MR) is 135 cm³/mol.